The first-order chi connectivity index (χ1) is 12.6. The van der Waals surface area contributed by atoms with Gasteiger partial charge in [-0.05, 0) is 43.9 Å². The van der Waals surface area contributed by atoms with Gasteiger partial charge in [0.15, 0.2) is 0 Å². The lowest BCUT2D eigenvalue weighted by Gasteiger charge is -2.47. The van der Waals surface area contributed by atoms with Gasteiger partial charge in [0.25, 0.3) is 0 Å². The fraction of sp³-hybridized carbons (Fsp3) is 0.650. The van der Waals surface area contributed by atoms with Crippen molar-refractivity contribution in [3.05, 3.63) is 30.1 Å². The van der Waals surface area contributed by atoms with E-state index in [-0.39, 0.29) is 5.91 Å². The Morgan fingerprint density at radius 1 is 1.38 bits per heavy atom. The molecule has 3 heterocycles. The Hall–Kier alpha value is -1.95. The molecule has 0 saturated carbocycles. The van der Waals surface area contributed by atoms with Crippen LogP contribution in [-0.4, -0.2) is 70.8 Å². The molecular formula is C20H30N4O2. The number of likely N-dealkylation sites (N-methyl/N-ethyl adjacent to an activating group) is 1. The van der Waals surface area contributed by atoms with Gasteiger partial charge in [-0.1, -0.05) is 13.0 Å². The zero-order valence-electron chi connectivity index (χ0n) is 15.9. The van der Waals surface area contributed by atoms with Gasteiger partial charge in [-0.15, -0.1) is 0 Å². The quantitative estimate of drug-likeness (QED) is 0.778. The van der Waals surface area contributed by atoms with E-state index in [1.54, 1.807) is 6.20 Å². The van der Waals surface area contributed by atoms with Crippen molar-refractivity contribution in [1.82, 2.24) is 19.7 Å². The third-order valence-corrected chi connectivity index (χ3v) is 5.54. The standard InChI is InChI=1S/C20H30N4O2/c1-3-10-24-18-8-11-23(14-17(18)6-7-19(24)25)20(26)15-22(2)13-16-5-4-9-21-12-16/h4-5,9,12,17-18H,3,6-8,10-11,13-15H2,1-2H3/t17-,18+/m0/s1. The van der Waals surface area contributed by atoms with Crippen molar-refractivity contribution in [2.75, 3.05) is 33.2 Å². The Morgan fingerprint density at radius 2 is 2.23 bits per heavy atom. The van der Waals surface area contributed by atoms with E-state index in [9.17, 15) is 9.59 Å². The lowest BCUT2D eigenvalue weighted by Crippen LogP contribution is -2.57. The van der Waals surface area contributed by atoms with Crippen molar-refractivity contribution < 1.29 is 9.59 Å². The second kappa shape index (κ2) is 8.62. The minimum atomic E-state index is 0.189. The van der Waals surface area contributed by atoms with E-state index in [2.05, 4.69) is 16.8 Å². The maximum absolute atomic E-state index is 12.7. The van der Waals surface area contributed by atoms with E-state index in [0.29, 0.717) is 30.8 Å². The molecule has 1 aromatic heterocycles. The molecule has 0 N–H and O–H groups in total. The normalized spacial score (nSPS) is 23.3. The Balaban J connectivity index is 1.53. The number of pyridine rings is 1. The summed E-state index contributed by atoms with van der Waals surface area (Å²) in [6.45, 7) is 5.66. The van der Waals surface area contributed by atoms with Crippen LogP contribution in [0.15, 0.2) is 24.5 Å². The topological polar surface area (TPSA) is 56.8 Å². The minimum Gasteiger partial charge on any atom is -0.341 e. The summed E-state index contributed by atoms with van der Waals surface area (Å²) in [6.07, 6.45) is 7.05. The molecule has 3 rings (SSSR count). The first kappa shape index (κ1) is 18.8. The molecule has 2 saturated heterocycles. The average molecular weight is 358 g/mol. The number of hydrogen-bond donors (Lipinski definition) is 0. The smallest absolute Gasteiger partial charge is 0.236 e. The first-order valence-corrected chi connectivity index (χ1v) is 9.73. The van der Waals surface area contributed by atoms with Gasteiger partial charge in [-0.25, -0.2) is 0 Å². The maximum Gasteiger partial charge on any atom is 0.236 e. The highest BCUT2D eigenvalue weighted by molar-refractivity contribution is 5.79. The Labute approximate surface area is 156 Å². The van der Waals surface area contributed by atoms with E-state index < -0.39 is 0 Å². The molecule has 0 aliphatic carbocycles. The molecule has 6 nitrogen and oxygen atoms in total. The summed E-state index contributed by atoms with van der Waals surface area (Å²) >= 11 is 0. The van der Waals surface area contributed by atoms with Gasteiger partial charge in [0.2, 0.25) is 11.8 Å². The molecule has 2 atom stereocenters. The van der Waals surface area contributed by atoms with Crippen LogP contribution < -0.4 is 0 Å². The van der Waals surface area contributed by atoms with Crippen molar-refractivity contribution in [2.24, 2.45) is 5.92 Å². The summed E-state index contributed by atoms with van der Waals surface area (Å²) in [6, 6.07) is 4.27. The third kappa shape index (κ3) is 4.41. The number of aromatic nitrogens is 1. The highest BCUT2D eigenvalue weighted by Gasteiger charge is 2.39. The highest BCUT2D eigenvalue weighted by Crippen LogP contribution is 2.31. The van der Waals surface area contributed by atoms with Gasteiger partial charge < -0.3 is 9.80 Å². The number of carbonyl (C=O) groups excluding carboxylic acids is 2. The largest absolute Gasteiger partial charge is 0.341 e. The summed E-state index contributed by atoms with van der Waals surface area (Å²) in [5.74, 6) is 0.915. The molecule has 2 aliphatic rings. The molecule has 0 bridgehead atoms. The number of likely N-dealkylation sites (tertiary alicyclic amines) is 2. The predicted molar refractivity (Wildman–Crippen MR) is 100 cm³/mol. The monoisotopic (exact) mass is 358 g/mol. The molecule has 0 radical (unpaired) electrons. The lowest BCUT2D eigenvalue weighted by molar-refractivity contribution is -0.144. The highest BCUT2D eigenvalue weighted by atomic mass is 16.2. The second-order valence-electron chi connectivity index (χ2n) is 7.62. The zero-order valence-corrected chi connectivity index (χ0v) is 15.9. The van der Waals surface area contributed by atoms with Crippen LogP contribution >= 0.6 is 0 Å². The van der Waals surface area contributed by atoms with E-state index in [1.807, 2.05) is 35.2 Å². The molecule has 0 spiro atoms. The van der Waals surface area contributed by atoms with Crippen LogP contribution in [0.1, 0.15) is 38.2 Å². The molecule has 0 aromatic carbocycles. The predicted octanol–water partition coefficient (Wildman–Crippen LogP) is 1.76. The minimum absolute atomic E-state index is 0.189. The van der Waals surface area contributed by atoms with E-state index in [1.165, 1.54) is 0 Å². The summed E-state index contributed by atoms with van der Waals surface area (Å²) in [5, 5.41) is 0. The van der Waals surface area contributed by atoms with Crippen molar-refractivity contribution >= 4 is 11.8 Å². The van der Waals surface area contributed by atoms with Crippen molar-refractivity contribution in [2.45, 2.75) is 45.2 Å². The van der Waals surface area contributed by atoms with Gasteiger partial charge >= 0.3 is 0 Å². The molecule has 2 aliphatic heterocycles. The third-order valence-electron chi connectivity index (χ3n) is 5.54. The van der Waals surface area contributed by atoms with Crippen LogP contribution in [-0.2, 0) is 16.1 Å². The first-order valence-electron chi connectivity index (χ1n) is 9.73. The van der Waals surface area contributed by atoms with Crippen molar-refractivity contribution in [3.8, 4) is 0 Å². The summed E-state index contributed by atoms with van der Waals surface area (Å²) < 4.78 is 0. The number of amides is 2. The van der Waals surface area contributed by atoms with Gasteiger partial charge in [0.05, 0.1) is 6.54 Å². The molecule has 142 valence electrons. The van der Waals surface area contributed by atoms with Crippen LogP contribution in [0.5, 0.6) is 0 Å². The Bertz CT molecular complexity index is 621. The van der Waals surface area contributed by atoms with E-state index >= 15 is 0 Å². The summed E-state index contributed by atoms with van der Waals surface area (Å²) in [4.78, 5) is 35.2. The maximum atomic E-state index is 12.7. The van der Waals surface area contributed by atoms with Crippen LogP contribution in [0.3, 0.4) is 0 Å². The van der Waals surface area contributed by atoms with E-state index in [4.69, 9.17) is 0 Å². The number of hydrogen-bond acceptors (Lipinski definition) is 4. The molecule has 6 heteroatoms. The second-order valence-corrected chi connectivity index (χ2v) is 7.62. The molecule has 26 heavy (non-hydrogen) atoms. The number of piperidine rings is 2. The van der Waals surface area contributed by atoms with Crippen LogP contribution in [0.25, 0.3) is 0 Å². The fourth-order valence-corrected chi connectivity index (χ4v) is 4.30. The Morgan fingerprint density at radius 3 is 2.96 bits per heavy atom. The molecule has 2 fully saturated rings. The zero-order chi connectivity index (χ0) is 18.5. The van der Waals surface area contributed by atoms with Crippen molar-refractivity contribution in [1.29, 1.82) is 0 Å². The van der Waals surface area contributed by atoms with E-state index in [0.717, 1.165) is 51.0 Å². The summed E-state index contributed by atoms with van der Waals surface area (Å²) in [7, 11) is 1.97. The number of nitrogens with zero attached hydrogens (tertiary/aromatic N) is 4. The van der Waals surface area contributed by atoms with Crippen LogP contribution in [0.4, 0.5) is 0 Å². The molecular weight excluding hydrogens is 328 g/mol. The van der Waals surface area contributed by atoms with Crippen LogP contribution in [0.2, 0.25) is 0 Å². The molecule has 0 unspecified atom stereocenters. The van der Waals surface area contributed by atoms with Gasteiger partial charge in [0, 0.05) is 51.0 Å². The van der Waals surface area contributed by atoms with Gasteiger partial charge in [-0.2, -0.15) is 0 Å². The average Bonchev–Trinajstić information content (AvgIpc) is 2.64. The molecule has 2 amide bonds. The molecule has 1 aromatic rings. The Kier molecular flexibility index (Phi) is 6.25. The van der Waals surface area contributed by atoms with Crippen molar-refractivity contribution in [3.63, 3.8) is 0 Å². The van der Waals surface area contributed by atoms with Gasteiger partial charge in [0.1, 0.15) is 0 Å². The number of fused-ring (bicyclic) bond motifs is 1. The van der Waals surface area contributed by atoms with Crippen LogP contribution in [0, 0.1) is 5.92 Å². The number of carbonyl (C=O) groups is 2. The lowest BCUT2D eigenvalue weighted by atomic mass is 9.83. The number of rotatable bonds is 6. The van der Waals surface area contributed by atoms with Gasteiger partial charge in [-0.3, -0.25) is 19.5 Å². The SMILES string of the molecule is CCCN1C(=O)CC[C@H]2CN(C(=O)CN(C)Cc3cccnc3)CC[C@H]21. The summed E-state index contributed by atoms with van der Waals surface area (Å²) in [5.41, 5.74) is 1.11. The fourth-order valence-electron chi connectivity index (χ4n) is 4.30.